The summed E-state index contributed by atoms with van der Waals surface area (Å²) in [5.41, 5.74) is 0.602. The first kappa shape index (κ1) is 25.0. The van der Waals surface area contributed by atoms with E-state index >= 15 is 4.39 Å². The minimum atomic E-state index is -0.944. The first-order valence-corrected chi connectivity index (χ1v) is 12.0. The van der Waals surface area contributed by atoms with Gasteiger partial charge in [0.1, 0.15) is 17.2 Å². The van der Waals surface area contributed by atoms with Gasteiger partial charge in [0.2, 0.25) is 0 Å². The molecule has 0 saturated carbocycles. The summed E-state index contributed by atoms with van der Waals surface area (Å²) in [6, 6.07) is 5.89. The number of hydrogen-bond acceptors (Lipinski definition) is 5. The predicted octanol–water partition coefficient (Wildman–Crippen LogP) is 4.99. The maximum Gasteiger partial charge on any atom is 0.410 e. The first-order valence-electron chi connectivity index (χ1n) is 12.0. The predicted molar refractivity (Wildman–Crippen MR) is 126 cm³/mol. The Morgan fingerprint density at radius 1 is 1.18 bits per heavy atom. The van der Waals surface area contributed by atoms with E-state index in [1.165, 1.54) is 6.92 Å². The molecule has 33 heavy (non-hydrogen) atoms. The second-order valence-corrected chi connectivity index (χ2v) is 10.3. The van der Waals surface area contributed by atoms with E-state index < -0.39 is 17.1 Å². The lowest BCUT2D eigenvalue weighted by Gasteiger charge is -2.42. The molecular weight excluding hydrogens is 421 g/mol. The van der Waals surface area contributed by atoms with Crippen LogP contribution in [-0.4, -0.2) is 48.6 Å². The number of hydrogen-bond donors (Lipinski definition) is 0. The van der Waals surface area contributed by atoms with Gasteiger partial charge in [0.15, 0.2) is 0 Å². The van der Waals surface area contributed by atoms with Crippen LogP contribution >= 0.6 is 0 Å². The number of amides is 1. The number of nitriles is 1. The van der Waals surface area contributed by atoms with Gasteiger partial charge in [-0.1, -0.05) is 6.92 Å². The van der Waals surface area contributed by atoms with E-state index in [9.17, 15) is 9.59 Å². The fraction of sp³-hybridized carbons (Fsp3) is 0.654. The van der Waals surface area contributed by atoms with Gasteiger partial charge in [0.25, 0.3) is 0 Å². The summed E-state index contributed by atoms with van der Waals surface area (Å²) in [5.74, 6) is -0.359. The van der Waals surface area contributed by atoms with Crippen molar-refractivity contribution in [1.82, 2.24) is 4.90 Å². The molecule has 1 aromatic carbocycles. The van der Waals surface area contributed by atoms with Gasteiger partial charge in [-0.05, 0) is 77.5 Å². The highest BCUT2D eigenvalue weighted by molar-refractivity contribution is 5.89. The van der Waals surface area contributed by atoms with Gasteiger partial charge < -0.3 is 14.5 Å². The zero-order chi connectivity index (χ0) is 24.4. The van der Waals surface area contributed by atoms with Crippen LogP contribution in [0, 0.1) is 23.1 Å². The van der Waals surface area contributed by atoms with Crippen LogP contribution in [0.4, 0.5) is 14.9 Å². The number of piperidine rings is 2. The topological polar surface area (TPSA) is 73.6 Å². The Labute approximate surface area is 196 Å². The van der Waals surface area contributed by atoms with Gasteiger partial charge in [-0.25, -0.2) is 9.18 Å². The number of carbonyl (C=O) groups is 2. The molecule has 0 atom stereocenters. The van der Waals surface area contributed by atoms with Crippen LogP contribution in [0.25, 0.3) is 0 Å². The smallest absolute Gasteiger partial charge is 0.410 e. The van der Waals surface area contributed by atoms with Gasteiger partial charge in [-0.2, -0.15) is 5.26 Å². The molecule has 0 N–H and O–H groups in total. The van der Waals surface area contributed by atoms with Crippen molar-refractivity contribution in [3.8, 4) is 6.07 Å². The number of ketones is 1. The molecule has 2 saturated heterocycles. The monoisotopic (exact) mass is 457 g/mol. The Morgan fingerprint density at radius 3 is 2.27 bits per heavy atom. The van der Waals surface area contributed by atoms with Crippen molar-refractivity contribution in [2.75, 3.05) is 31.1 Å². The van der Waals surface area contributed by atoms with Crippen LogP contribution in [0.1, 0.15) is 71.4 Å². The van der Waals surface area contributed by atoms with Crippen LogP contribution in [0.3, 0.4) is 0 Å². The number of carbonyl (C=O) groups excluding carboxylic acids is 2. The Bertz CT molecular complexity index is 931. The summed E-state index contributed by atoms with van der Waals surface area (Å²) in [7, 11) is 0. The van der Waals surface area contributed by atoms with Gasteiger partial charge in [0, 0.05) is 43.3 Å². The highest BCUT2D eigenvalue weighted by Crippen LogP contribution is 2.42. The molecule has 0 radical (unpaired) electrons. The lowest BCUT2D eigenvalue weighted by atomic mass is 9.68. The van der Waals surface area contributed by atoms with Crippen molar-refractivity contribution >= 4 is 17.6 Å². The molecule has 0 aliphatic carbocycles. The zero-order valence-electron chi connectivity index (χ0n) is 20.5. The first-order chi connectivity index (χ1) is 15.5. The second-order valence-electron chi connectivity index (χ2n) is 10.3. The number of Topliss-reactive ketones (excluding diaryl/α,β-unsaturated/α-hetero) is 1. The van der Waals surface area contributed by atoms with Gasteiger partial charge in [-0.15, -0.1) is 0 Å². The lowest BCUT2D eigenvalue weighted by Crippen LogP contribution is -2.50. The summed E-state index contributed by atoms with van der Waals surface area (Å²) >= 11 is 0. The van der Waals surface area contributed by atoms with Crippen LogP contribution in [0.15, 0.2) is 12.1 Å². The van der Waals surface area contributed by atoms with E-state index in [1.54, 1.807) is 11.0 Å². The molecule has 2 fully saturated rings. The number of anilines is 1. The average Bonchev–Trinajstić information content (AvgIpc) is 2.77. The van der Waals surface area contributed by atoms with Gasteiger partial charge in [0.05, 0.1) is 11.5 Å². The SMILES string of the molecule is CCc1cc(N2CCC(C#N)CC2)cc(F)c1C1(C(C)=O)CCN(C(=O)OC(C)(C)C)CC1. The summed E-state index contributed by atoms with van der Waals surface area (Å²) in [5, 5.41) is 9.15. The quantitative estimate of drug-likeness (QED) is 0.637. The van der Waals surface area contributed by atoms with Crippen molar-refractivity contribution in [2.24, 2.45) is 5.92 Å². The van der Waals surface area contributed by atoms with E-state index in [0.717, 1.165) is 37.2 Å². The highest BCUT2D eigenvalue weighted by Gasteiger charge is 2.45. The second kappa shape index (κ2) is 9.70. The number of nitrogens with zero attached hydrogens (tertiary/aromatic N) is 3. The maximum atomic E-state index is 15.7. The van der Waals surface area contributed by atoms with Crippen molar-refractivity contribution in [2.45, 2.75) is 77.7 Å². The molecule has 0 unspecified atom stereocenters. The van der Waals surface area contributed by atoms with Crippen molar-refractivity contribution in [3.05, 3.63) is 29.1 Å². The number of likely N-dealkylation sites (tertiary alicyclic amines) is 1. The fourth-order valence-electron chi connectivity index (χ4n) is 5.09. The normalized spacial score (nSPS) is 19.2. The largest absolute Gasteiger partial charge is 0.444 e. The molecule has 1 aromatic rings. The molecule has 2 aliphatic heterocycles. The van der Waals surface area contributed by atoms with Crippen LogP contribution in [-0.2, 0) is 21.4 Å². The molecule has 1 amide bonds. The molecular formula is C26H36FN3O3. The number of ether oxygens (including phenoxy) is 1. The van der Waals surface area contributed by atoms with E-state index in [-0.39, 0.29) is 17.5 Å². The molecule has 7 heteroatoms. The maximum absolute atomic E-state index is 15.7. The van der Waals surface area contributed by atoms with Gasteiger partial charge >= 0.3 is 6.09 Å². The number of aryl methyl sites for hydroxylation is 1. The van der Waals surface area contributed by atoms with E-state index in [0.29, 0.717) is 37.9 Å². The summed E-state index contributed by atoms with van der Waals surface area (Å²) in [4.78, 5) is 29.2. The third-order valence-corrected chi connectivity index (χ3v) is 7.00. The van der Waals surface area contributed by atoms with Crippen LogP contribution in [0.5, 0.6) is 0 Å². The Morgan fingerprint density at radius 2 is 1.79 bits per heavy atom. The molecule has 0 aromatic heterocycles. The third-order valence-electron chi connectivity index (χ3n) is 7.00. The number of halogens is 1. The Kier molecular flexibility index (Phi) is 7.36. The van der Waals surface area contributed by atoms with E-state index in [4.69, 9.17) is 10.00 Å². The van der Waals surface area contributed by atoms with Crippen LogP contribution in [0.2, 0.25) is 0 Å². The minimum absolute atomic E-state index is 0.0622. The average molecular weight is 458 g/mol. The molecule has 2 aliphatic rings. The van der Waals surface area contributed by atoms with E-state index in [1.807, 2.05) is 33.8 Å². The van der Waals surface area contributed by atoms with Gasteiger partial charge in [-0.3, -0.25) is 4.79 Å². The van der Waals surface area contributed by atoms with Crippen molar-refractivity contribution in [1.29, 1.82) is 5.26 Å². The fourth-order valence-corrected chi connectivity index (χ4v) is 5.09. The highest BCUT2D eigenvalue weighted by atomic mass is 19.1. The standard InChI is InChI=1S/C26H36FN3O3/c1-6-20-15-21(29-11-7-19(17-28)8-12-29)16-22(27)23(20)26(18(2)31)9-13-30(14-10-26)24(32)33-25(3,4)5/h15-16,19H,6-14H2,1-5H3. The van der Waals surface area contributed by atoms with E-state index in [2.05, 4.69) is 11.0 Å². The third kappa shape index (κ3) is 5.31. The number of benzene rings is 1. The lowest BCUT2D eigenvalue weighted by molar-refractivity contribution is -0.124. The minimum Gasteiger partial charge on any atom is -0.444 e. The summed E-state index contributed by atoms with van der Waals surface area (Å²) < 4.78 is 21.2. The molecule has 3 rings (SSSR count). The Balaban J connectivity index is 1.87. The molecule has 6 nitrogen and oxygen atoms in total. The Hall–Kier alpha value is -2.62. The molecule has 0 spiro atoms. The molecule has 180 valence electrons. The number of rotatable bonds is 4. The summed E-state index contributed by atoms with van der Waals surface area (Å²) in [6.45, 7) is 11.1. The van der Waals surface area contributed by atoms with Crippen molar-refractivity contribution < 1.29 is 18.7 Å². The van der Waals surface area contributed by atoms with Crippen molar-refractivity contribution in [3.63, 3.8) is 0 Å². The molecule has 0 bridgehead atoms. The zero-order valence-corrected chi connectivity index (χ0v) is 20.5. The summed E-state index contributed by atoms with van der Waals surface area (Å²) in [6.07, 6.45) is 2.52. The molecule has 2 heterocycles. The van der Waals surface area contributed by atoms with Crippen LogP contribution < -0.4 is 4.90 Å².